The van der Waals surface area contributed by atoms with Crippen LogP contribution in [0, 0.1) is 5.82 Å². The first-order valence-electron chi connectivity index (χ1n) is 10.2. The topological polar surface area (TPSA) is 90.0 Å². The Balaban J connectivity index is 2.06. The van der Waals surface area contributed by atoms with Crippen molar-refractivity contribution in [3.8, 4) is 0 Å². The third-order valence-electron chi connectivity index (χ3n) is 5.00. The summed E-state index contributed by atoms with van der Waals surface area (Å²) in [6.07, 6.45) is 0. The summed E-state index contributed by atoms with van der Waals surface area (Å²) < 4.78 is 41.5. The van der Waals surface area contributed by atoms with Crippen LogP contribution in [0.15, 0.2) is 23.1 Å². The Morgan fingerprint density at radius 3 is 2.27 bits per heavy atom. The molecule has 0 aromatic heterocycles. The lowest BCUT2D eigenvalue weighted by Gasteiger charge is -2.35. The molecule has 2 rings (SSSR count). The quantitative estimate of drug-likeness (QED) is 0.652. The molecule has 1 aliphatic heterocycles. The molecule has 0 spiro atoms. The Hall–Kier alpha value is -2.04. The number of carbonyl (C=O) groups excluding carboxylic acids is 2. The van der Waals surface area contributed by atoms with Gasteiger partial charge in [-0.25, -0.2) is 17.5 Å². The molecule has 10 heteroatoms. The normalized spacial score (nSPS) is 15.5. The van der Waals surface area contributed by atoms with E-state index in [0.29, 0.717) is 39.3 Å². The van der Waals surface area contributed by atoms with E-state index in [1.54, 1.807) is 18.7 Å². The third-order valence-corrected chi connectivity index (χ3v) is 6.66. The maximum absolute atomic E-state index is 14.3. The minimum absolute atomic E-state index is 0.0429. The molecule has 8 nitrogen and oxygen atoms in total. The SMILES string of the molecule is CCN(CC)C(=O)CN1CCN(C(=O)c2cc(S(=O)(=O)NC(C)C)ccc2F)CC1. The minimum Gasteiger partial charge on any atom is -0.342 e. The van der Waals surface area contributed by atoms with Crippen LogP contribution in [0.25, 0.3) is 0 Å². The van der Waals surface area contributed by atoms with Crippen LogP contribution in [0.1, 0.15) is 38.1 Å². The fourth-order valence-electron chi connectivity index (χ4n) is 3.36. The number of hydrogen-bond donors (Lipinski definition) is 1. The first-order chi connectivity index (χ1) is 14.1. The average molecular weight is 443 g/mol. The molecule has 1 saturated heterocycles. The van der Waals surface area contributed by atoms with Crippen molar-refractivity contribution in [3.05, 3.63) is 29.6 Å². The van der Waals surface area contributed by atoms with Gasteiger partial charge in [0.05, 0.1) is 17.0 Å². The summed E-state index contributed by atoms with van der Waals surface area (Å²) in [5, 5.41) is 0. The number of benzene rings is 1. The average Bonchev–Trinajstić information content (AvgIpc) is 2.68. The highest BCUT2D eigenvalue weighted by atomic mass is 32.2. The molecule has 1 aromatic carbocycles. The molecule has 30 heavy (non-hydrogen) atoms. The van der Waals surface area contributed by atoms with Gasteiger partial charge in [-0.2, -0.15) is 0 Å². The van der Waals surface area contributed by atoms with Gasteiger partial charge in [0, 0.05) is 45.3 Å². The molecule has 1 N–H and O–H groups in total. The zero-order valence-electron chi connectivity index (χ0n) is 18.0. The van der Waals surface area contributed by atoms with Crippen LogP contribution in [0.3, 0.4) is 0 Å². The maximum Gasteiger partial charge on any atom is 0.256 e. The smallest absolute Gasteiger partial charge is 0.256 e. The van der Waals surface area contributed by atoms with Gasteiger partial charge in [0.1, 0.15) is 5.82 Å². The van der Waals surface area contributed by atoms with E-state index >= 15 is 0 Å². The zero-order valence-corrected chi connectivity index (χ0v) is 18.8. The largest absolute Gasteiger partial charge is 0.342 e. The van der Waals surface area contributed by atoms with E-state index < -0.39 is 21.7 Å². The summed E-state index contributed by atoms with van der Waals surface area (Å²) in [6, 6.07) is 2.90. The van der Waals surface area contributed by atoms with Crippen LogP contribution in [0.2, 0.25) is 0 Å². The van der Waals surface area contributed by atoms with Crippen molar-refractivity contribution < 1.29 is 22.4 Å². The van der Waals surface area contributed by atoms with Crippen LogP contribution in [-0.4, -0.2) is 86.8 Å². The van der Waals surface area contributed by atoms with Gasteiger partial charge >= 0.3 is 0 Å². The predicted molar refractivity (Wildman–Crippen MR) is 112 cm³/mol. The molecule has 1 aromatic rings. The summed E-state index contributed by atoms with van der Waals surface area (Å²) >= 11 is 0. The number of amides is 2. The maximum atomic E-state index is 14.3. The number of sulfonamides is 1. The van der Waals surface area contributed by atoms with Gasteiger partial charge in [-0.15, -0.1) is 0 Å². The summed E-state index contributed by atoms with van der Waals surface area (Å²) in [4.78, 5) is 30.1. The standard InChI is InChI=1S/C20H31FN4O4S/c1-5-24(6-2)19(26)14-23-9-11-25(12-10-23)20(27)17-13-16(7-8-18(17)21)30(28,29)22-15(3)4/h7-8,13,15,22H,5-6,9-12,14H2,1-4H3. The number of rotatable bonds is 8. The molecule has 0 aliphatic carbocycles. The van der Waals surface area contributed by atoms with Gasteiger partial charge in [0.2, 0.25) is 15.9 Å². The van der Waals surface area contributed by atoms with E-state index in [0.717, 1.165) is 18.2 Å². The number of piperazine rings is 1. The minimum atomic E-state index is -3.84. The molecule has 0 bridgehead atoms. The van der Waals surface area contributed by atoms with Gasteiger partial charge in [0.15, 0.2) is 0 Å². The highest BCUT2D eigenvalue weighted by Crippen LogP contribution is 2.18. The lowest BCUT2D eigenvalue weighted by Crippen LogP contribution is -2.51. The molecule has 1 aliphatic rings. The van der Waals surface area contributed by atoms with E-state index in [1.165, 1.54) is 4.90 Å². The molecule has 1 heterocycles. The van der Waals surface area contributed by atoms with E-state index in [1.807, 2.05) is 18.7 Å². The van der Waals surface area contributed by atoms with Crippen molar-refractivity contribution in [3.63, 3.8) is 0 Å². The Bertz CT molecular complexity index is 864. The Morgan fingerprint density at radius 1 is 1.13 bits per heavy atom. The van der Waals surface area contributed by atoms with Gasteiger partial charge < -0.3 is 9.80 Å². The number of nitrogens with one attached hydrogen (secondary N) is 1. The third kappa shape index (κ3) is 5.99. The molecular formula is C20H31FN4O4S. The number of halogens is 1. The van der Waals surface area contributed by atoms with E-state index in [2.05, 4.69) is 4.72 Å². The van der Waals surface area contributed by atoms with Crippen molar-refractivity contribution in [2.45, 2.75) is 38.6 Å². The van der Waals surface area contributed by atoms with Gasteiger partial charge in [-0.05, 0) is 45.9 Å². The second kappa shape index (κ2) is 10.3. The fraction of sp³-hybridized carbons (Fsp3) is 0.600. The Morgan fingerprint density at radius 2 is 1.73 bits per heavy atom. The summed E-state index contributed by atoms with van der Waals surface area (Å²) in [5.74, 6) is -1.27. The van der Waals surface area contributed by atoms with Crippen LogP contribution < -0.4 is 4.72 Å². The number of carbonyl (C=O) groups is 2. The van der Waals surface area contributed by atoms with Gasteiger partial charge in [-0.3, -0.25) is 14.5 Å². The molecule has 1 fully saturated rings. The predicted octanol–water partition coefficient (Wildman–Crippen LogP) is 1.14. The monoisotopic (exact) mass is 442 g/mol. The highest BCUT2D eigenvalue weighted by molar-refractivity contribution is 7.89. The van der Waals surface area contributed by atoms with Gasteiger partial charge in [-0.1, -0.05) is 0 Å². The lowest BCUT2D eigenvalue weighted by atomic mass is 10.1. The van der Waals surface area contributed by atoms with Crippen LogP contribution in [-0.2, 0) is 14.8 Å². The zero-order chi connectivity index (χ0) is 22.5. The highest BCUT2D eigenvalue weighted by Gasteiger charge is 2.27. The van der Waals surface area contributed by atoms with Crippen molar-refractivity contribution >= 4 is 21.8 Å². The first-order valence-corrected chi connectivity index (χ1v) is 11.7. The fourth-order valence-corrected chi connectivity index (χ4v) is 4.64. The number of hydrogen-bond acceptors (Lipinski definition) is 5. The van der Waals surface area contributed by atoms with E-state index in [4.69, 9.17) is 0 Å². The van der Waals surface area contributed by atoms with E-state index in [-0.39, 0.29) is 29.0 Å². The van der Waals surface area contributed by atoms with Crippen molar-refractivity contribution in [1.82, 2.24) is 19.4 Å². The summed E-state index contributed by atoms with van der Waals surface area (Å²) in [7, 11) is -3.84. The van der Waals surface area contributed by atoms with Crippen LogP contribution in [0.5, 0.6) is 0 Å². The molecule has 0 saturated carbocycles. The summed E-state index contributed by atoms with van der Waals surface area (Å²) in [5.41, 5.74) is -0.269. The van der Waals surface area contributed by atoms with Crippen molar-refractivity contribution in [2.24, 2.45) is 0 Å². The van der Waals surface area contributed by atoms with E-state index in [9.17, 15) is 22.4 Å². The van der Waals surface area contributed by atoms with Crippen molar-refractivity contribution in [2.75, 3.05) is 45.8 Å². The molecule has 0 atom stereocenters. The summed E-state index contributed by atoms with van der Waals surface area (Å²) in [6.45, 7) is 10.5. The number of nitrogens with zero attached hydrogens (tertiary/aromatic N) is 3. The number of likely N-dealkylation sites (N-methyl/N-ethyl adjacent to an activating group) is 1. The molecule has 0 radical (unpaired) electrons. The van der Waals surface area contributed by atoms with Gasteiger partial charge in [0.25, 0.3) is 5.91 Å². The van der Waals surface area contributed by atoms with Crippen molar-refractivity contribution in [1.29, 1.82) is 0 Å². The second-order valence-electron chi connectivity index (χ2n) is 7.55. The van der Waals surface area contributed by atoms with Crippen LogP contribution >= 0.6 is 0 Å². The molecule has 2 amide bonds. The Kier molecular flexibility index (Phi) is 8.34. The van der Waals surface area contributed by atoms with Crippen LogP contribution in [0.4, 0.5) is 4.39 Å². The molecule has 168 valence electrons. The first kappa shape index (κ1) is 24.2. The molecule has 0 unspecified atom stereocenters. The lowest BCUT2D eigenvalue weighted by molar-refractivity contribution is -0.132. The Labute approximate surface area is 178 Å². The molecular weight excluding hydrogens is 411 g/mol. The second-order valence-corrected chi connectivity index (χ2v) is 9.27.